The number of fused-ring (bicyclic) bond motifs is 3. The fourth-order valence-corrected chi connectivity index (χ4v) is 4.98. The molecule has 0 saturated carbocycles. The van der Waals surface area contributed by atoms with Crippen LogP contribution >= 0.6 is 0 Å². The third kappa shape index (κ3) is 5.52. The lowest BCUT2D eigenvalue weighted by Gasteiger charge is -2.35. The zero-order chi connectivity index (χ0) is 25.6. The van der Waals surface area contributed by atoms with Gasteiger partial charge in [0.1, 0.15) is 0 Å². The molecule has 1 N–H and O–H groups in total. The van der Waals surface area contributed by atoms with E-state index in [0.29, 0.717) is 36.3 Å². The lowest BCUT2D eigenvalue weighted by molar-refractivity contribution is -0.116. The van der Waals surface area contributed by atoms with Crippen LogP contribution in [-0.4, -0.2) is 71.6 Å². The SMILES string of the molecule is O=C(C=Cc1cccnc1)NCCCCN1CCN(C(=O)c2cccc3c2-c2ccccc2C3=O)CC1. The van der Waals surface area contributed by atoms with Gasteiger partial charge in [-0.2, -0.15) is 0 Å². The molecule has 3 aromatic rings. The number of carbonyl (C=O) groups is 3. The molecule has 0 bridgehead atoms. The van der Waals surface area contributed by atoms with E-state index < -0.39 is 0 Å². The number of ketones is 1. The first-order valence-electron chi connectivity index (χ1n) is 12.8. The van der Waals surface area contributed by atoms with Crippen LogP contribution in [0, 0.1) is 0 Å². The van der Waals surface area contributed by atoms with Crippen LogP contribution in [0.15, 0.2) is 73.1 Å². The van der Waals surface area contributed by atoms with Crippen LogP contribution in [0.25, 0.3) is 17.2 Å². The molecule has 1 aromatic heterocycles. The maximum absolute atomic E-state index is 13.4. The zero-order valence-electron chi connectivity index (χ0n) is 20.7. The Bertz CT molecular complexity index is 1330. The van der Waals surface area contributed by atoms with Crippen molar-refractivity contribution < 1.29 is 14.4 Å². The van der Waals surface area contributed by atoms with Crippen molar-refractivity contribution in [3.8, 4) is 11.1 Å². The quantitative estimate of drug-likeness (QED) is 0.299. The number of unbranched alkanes of at least 4 members (excludes halogenated alkanes) is 1. The number of benzene rings is 2. The summed E-state index contributed by atoms with van der Waals surface area (Å²) in [4.78, 5) is 46.5. The van der Waals surface area contributed by atoms with Gasteiger partial charge in [-0.05, 0) is 48.7 Å². The predicted molar refractivity (Wildman–Crippen MR) is 143 cm³/mol. The second kappa shape index (κ2) is 11.3. The minimum Gasteiger partial charge on any atom is -0.353 e. The van der Waals surface area contributed by atoms with Crippen LogP contribution in [0.5, 0.6) is 0 Å². The Labute approximate surface area is 216 Å². The molecule has 1 saturated heterocycles. The Kier molecular flexibility index (Phi) is 7.51. The van der Waals surface area contributed by atoms with Crippen molar-refractivity contribution in [2.45, 2.75) is 12.8 Å². The highest BCUT2D eigenvalue weighted by Gasteiger charge is 2.32. The smallest absolute Gasteiger partial charge is 0.254 e. The van der Waals surface area contributed by atoms with Gasteiger partial charge in [-0.3, -0.25) is 24.3 Å². The van der Waals surface area contributed by atoms with Gasteiger partial charge in [0.25, 0.3) is 5.91 Å². The summed E-state index contributed by atoms with van der Waals surface area (Å²) >= 11 is 0. The number of aromatic nitrogens is 1. The maximum atomic E-state index is 13.4. The summed E-state index contributed by atoms with van der Waals surface area (Å²) in [6, 6.07) is 16.7. The molecule has 2 heterocycles. The van der Waals surface area contributed by atoms with E-state index in [1.807, 2.05) is 53.4 Å². The van der Waals surface area contributed by atoms with Gasteiger partial charge in [-0.15, -0.1) is 0 Å². The van der Waals surface area contributed by atoms with Crippen molar-refractivity contribution in [3.63, 3.8) is 0 Å². The van der Waals surface area contributed by atoms with Crippen LogP contribution in [-0.2, 0) is 4.79 Å². The molecule has 7 nitrogen and oxygen atoms in total. The van der Waals surface area contributed by atoms with E-state index in [1.165, 1.54) is 6.08 Å². The zero-order valence-corrected chi connectivity index (χ0v) is 20.7. The molecule has 0 unspecified atom stereocenters. The highest BCUT2D eigenvalue weighted by atomic mass is 16.2. The molecule has 2 aliphatic rings. The number of nitrogens with one attached hydrogen (secondary N) is 1. The van der Waals surface area contributed by atoms with Crippen molar-refractivity contribution in [1.82, 2.24) is 20.1 Å². The van der Waals surface area contributed by atoms with Crippen molar-refractivity contribution in [2.75, 3.05) is 39.3 Å². The van der Waals surface area contributed by atoms with Crippen molar-refractivity contribution in [3.05, 3.63) is 95.3 Å². The van der Waals surface area contributed by atoms with Crippen molar-refractivity contribution >= 4 is 23.7 Å². The molecular formula is C30H30N4O3. The highest BCUT2D eigenvalue weighted by Crippen LogP contribution is 2.39. The summed E-state index contributed by atoms with van der Waals surface area (Å²) in [6.07, 6.45) is 8.57. The summed E-state index contributed by atoms with van der Waals surface area (Å²) in [7, 11) is 0. The van der Waals surface area contributed by atoms with E-state index in [4.69, 9.17) is 0 Å². The minimum atomic E-state index is -0.104. The number of rotatable bonds is 8. The number of hydrogen-bond acceptors (Lipinski definition) is 5. The van der Waals surface area contributed by atoms with E-state index in [9.17, 15) is 14.4 Å². The number of amides is 2. The molecule has 2 amide bonds. The maximum Gasteiger partial charge on any atom is 0.254 e. The summed E-state index contributed by atoms with van der Waals surface area (Å²) in [5.41, 5.74) is 4.41. The number of nitrogens with zero attached hydrogens (tertiary/aromatic N) is 3. The van der Waals surface area contributed by atoms with Crippen LogP contribution in [0.1, 0.15) is 44.7 Å². The van der Waals surface area contributed by atoms with Crippen LogP contribution in [0.3, 0.4) is 0 Å². The third-order valence-corrected chi connectivity index (χ3v) is 6.95. The van der Waals surface area contributed by atoms with Gasteiger partial charge in [0, 0.05) is 73.4 Å². The number of pyridine rings is 1. The van der Waals surface area contributed by atoms with E-state index in [1.54, 1.807) is 24.5 Å². The molecule has 0 radical (unpaired) electrons. The van der Waals surface area contributed by atoms with Crippen molar-refractivity contribution in [2.24, 2.45) is 0 Å². The molecule has 1 aliphatic heterocycles. The first kappa shape index (κ1) is 24.6. The number of hydrogen-bond donors (Lipinski definition) is 1. The topological polar surface area (TPSA) is 82.6 Å². The molecule has 0 spiro atoms. The van der Waals surface area contributed by atoms with E-state index in [0.717, 1.165) is 49.2 Å². The normalized spacial score (nSPS) is 15.0. The van der Waals surface area contributed by atoms with Gasteiger partial charge in [-0.1, -0.05) is 42.5 Å². The molecule has 7 heteroatoms. The lowest BCUT2D eigenvalue weighted by Crippen LogP contribution is -2.49. The second-order valence-electron chi connectivity index (χ2n) is 9.35. The molecule has 37 heavy (non-hydrogen) atoms. The van der Waals surface area contributed by atoms with Crippen LogP contribution in [0.4, 0.5) is 0 Å². The van der Waals surface area contributed by atoms with Crippen molar-refractivity contribution in [1.29, 1.82) is 0 Å². The fraction of sp³-hybridized carbons (Fsp3) is 0.267. The van der Waals surface area contributed by atoms with Gasteiger partial charge in [0.05, 0.1) is 0 Å². The number of carbonyl (C=O) groups excluding carboxylic acids is 3. The Morgan fingerprint density at radius 1 is 0.892 bits per heavy atom. The highest BCUT2D eigenvalue weighted by molar-refractivity contribution is 6.24. The van der Waals surface area contributed by atoms with Gasteiger partial charge >= 0.3 is 0 Å². The summed E-state index contributed by atoms with van der Waals surface area (Å²) in [6.45, 7) is 4.52. The summed E-state index contributed by atoms with van der Waals surface area (Å²) in [5, 5.41) is 2.92. The Morgan fingerprint density at radius 2 is 1.68 bits per heavy atom. The van der Waals surface area contributed by atoms with Gasteiger partial charge in [-0.25, -0.2) is 0 Å². The molecule has 188 valence electrons. The van der Waals surface area contributed by atoms with E-state index >= 15 is 0 Å². The monoisotopic (exact) mass is 494 g/mol. The first-order chi connectivity index (χ1) is 18.1. The van der Waals surface area contributed by atoms with E-state index in [2.05, 4.69) is 15.2 Å². The average Bonchev–Trinajstić information content (AvgIpc) is 3.24. The van der Waals surface area contributed by atoms with Crippen LogP contribution in [0.2, 0.25) is 0 Å². The van der Waals surface area contributed by atoms with E-state index in [-0.39, 0.29) is 17.6 Å². The fourth-order valence-electron chi connectivity index (χ4n) is 4.98. The first-order valence-corrected chi connectivity index (χ1v) is 12.8. The molecule has 5 rings (SSSR count). The number of piperazine rings is 1. The third-order valence-electron chi connectivity index (χ3n) is 6.95. The Morgan fingerprint density at radius 3 is 2.46 bits per heavy atom. The molecule has 1 fully saturated rings. The summed E-state index contributed by atoms with van der Waals surface area (Å²) in [5.74, 6) is -0.124. The van der Waals surface area contributed by atoms with Gasteiger partial charge in [0.15, 0.2) is 5.78 Å². The minimum absolute atomic E-state index is 0.00854. The Balaban J connectivity index is 1.07. The molecular weight excluding hydrogens is 464 g/mol. The second-order valence-corrected chi connectivity index (χ2v) is 9.35. The molecule has 1 aliphatic carbocycles. The Hall–Kier alpha value is -4.10. The summed E-state index contributed by atoms with van der Waals surface area (Å²) < 4.78 is 0. The predicted octanol–water partition coefficient (Wildman–Crippen LogP) is 3.66. The van der Waals surface area contributed by atoms with Gasteiger partial charge in [0.2, 0.25) is 5.91 Å². The largest absolute Gasteiger partial charge is 0.353 e. The molecule has 0 atom stereocenters. The average molecular weight is 495 g/mol. The van der Waals surface area contributed by atoms with Gasteiger partial charge < -0.3 is 10.2 Å². The standard InChI is InChI=1S/C30H30N4O3/c35-27(13-12-22-7-6-14-31-21-22)32-15-3-4-16-33-17-19-34(20-18-33)30(37)26-11-5-10-25-28(26)23-8-1-2-9-24(23)29(25)36/h1-2,5-14,21H,3-4,15-20H2,(H,32,35). The molecule has 2 aromatic carbocycles. The lowest BCUT2D eigenvalue weighted by atomic mass is 9.98. The van der Waals surface area contributed by atoms with Crippen LogP contribution < -0.4 is 5.32 Å².